The highest BCUT2D eigenvalue weighted by Crippen LogP contribution is 2.40. The number of rotatable bonds is 11. The minimum Gasteiger partial charge on any atom is -0.449 e. The smallest absolute Gasteiger partial charge is 0.407 e. The quantitative estimate of drug-likeness (QED) is 0.364. The summed E-state index contributed by atoms with van der Waals surface area (Å²) < 4.78 is 4.66. The molecule has 0 saturated carbocycles. The van der Waals surface area contributed by atoms with Gasteiger partial charge in [0.05, 0.1) is 18.5 Å². The normalized spacial score (nSPS) is 17.7. The molecule has 0 aromatic heterocycles. The molecule has 1 fully saturated rings. The van der Waals surface area contributed by atoms with Gasteiger partial charge in [-0.25, -0.2) is 4.79 Å². The van der Waals surface area contributed by atoms with Gasteiger partial charge in [-0.15, -0.1) is 18.3 Å². The van der Waals surface area contributed by atoms with Crippen molar-refractivity contribution in [1.29, 1.82) is 0 Å². The first kappa shape index (κ1) is 30.2. The molecule has 2 aromatic rings. The van der Waals surface area contributed by atoms with Crippen LogP contribution in [0.3, 0.4) is 0 Å². The highest BCUT2D eigenvalue weighted by molar-refractivity contribution is 8.00. The van der Waals surface area contributed by atoms with Crippen LogP contribution in [0.25, 0.3) is 0 Å². The lowest BCUT2D eigenvalue weighted by molar-refractivity contribution is -0.147. The van der Waals surface area contributed by atoms with E-state index in [1.54, 1.807) is 0 Å². The Bertz CT molecular complexity index is 1170. The van der Waals surface area contributed by atoms with Gasteiger partial charge in [0, 0.05) is 17.7 Å². The standard InChI is InChI=1S/C30H39N3O5S/c1-20(2)15-16-38-29(37)32-24(17-22-12-7-6-8-13-22)25(34)28(36)33-19-39-30(4,5)26(33)27(35)31-18-23-14-10-9-11-21(23)3/h6-14,24-26,34H,1,15-19H2,2-5H3,(H,31,35)(H,32,37). The van der Waals surface area contributed by atoms with Crippen molar-refractivity contribution in [3.05, 3.63) is 83.4 Å². The van der Waals surface area contributed by atoms with E-state index in [4.69, 9.17) is 4.74 Å². The van der Waals surface area contributed by atoms with Crippen LogP contribution in [0.5, 0.6) is 0 Å². The summed E-state index contributed by atoms with van der Waals surface area (Å²) in [6, 6.07) is 15.3. The van der Waals surface area contributed by atoms with E-state index in [0.29, 0.717) is 13.0 Å². The number of ether oxygens (including phenoxy) is 1. The van der Waals surface area contributed by atoms with Crippen molar-refractivity contribution in [3.63, 3.8) is 0 Å². The van der Waals surface area contributed by atoms with E-state index in [2.05, 4.69) is 17.2 Å². The average molecular weight is 554 g/mol. The molecule has 2 aromatic carbocycles. The number of alkyl carbamates (subject to hydrolysis) is 1. The topological polar surface area (TPSA) is 108 Å². The molecule has 0 spiro atoms. The fraction of sp³-hybridized carbons (Fsp3) is 0.433. The Labute approximate surface area is 235 Å². The minimum absolute atomic E-state index is 0.142. The summed E-state index contributed by atoms with van der Waals surface area (Å²) in [5.41, 5.74) is 3.76. The van der Waals surface area contributed by atoms with Gasteiger partial charge in [-0.1, -0.05) is 60.2 Å². The van der Waals surface area contributed by atoms with Crippen LogP contribution in [0.4, 0.5) is 4.79 Å². The predicted octanol–water partition coefficient (Wildman–Crippen LogP) is 3.96. The molecule has 39 heavy (non-hydrogen) atoms. The van der Waals surface area contributed by atoms with Gasteiger partial charge in [0.2, 0.25) is 5.91 Å². The molecular formula is C30H39N3O5S. The molecule has 3 rings (SSSR count). The molecule has 1 aliphatic heterocycles. The summed E-state index contributed by atoms with van der Waals surface area (Å²) >= 11 is 1.47. The molecule has 3 atom stereocenters. The number of hydrogen-bond donors (Lipinski definition) is 3. The number of carbonyl (C=O) groups is 3. The summed E-state index contributed by atoms with van der Waals surface area (Å²) in [7, 11) is 0. The van der Waals surface area contributed by atoms with Gasteiger partial charge in [0.25, 0.3) is 5.91 Å². The number of amides is 3. The number of nitrogens with one attached hydrogen (secondary N) is 2. The SMILES string of the molecule is C=C(C)CCOC(=O)NC(Cc1ccccc1)C(O)C(=O)N1CSC(C)(C)C1C(=O)NCc1ccccc1C. The summed E-state index contributed by atoms with van der Waals surface area (Å²) in [5, 5.41) is 16.9. The van der Waals surface area contributed by atoms with Crippen molar-refractivity contribution in [3.8, 4) is 0 Å². The van der Waals surface area contributed by atoms with Crippen molar-refractivity contribution in [2.24, 2.45) is 0 Å². The van der Waals surface area contributed by atoms with Gasteiger partial charge in [0.1, 0.15) is 6.04 Å². The van der Waals surface area contributed by atoms with Crippen LogP contribution < -0.4 is 10.6 Å². The number of aliphatic hydroxyl groups is 1. The van der Waals surface area contributed by atoms with Crippen LogP contribution >= 0.6 is 11.8 Å². The zero-order valence-electron chi connectivity index (χ0n) is 23.1. The van der Waals surface area contributed by atoms with Crippen LogP contribution in [-0.2, 0) is 27.3 Å². The second-order valence-electron chi connectivity index (χ2n) is 10.5. The first-order valence-corrected chi connectivity index (χ1v) is 14.0. The average Bonchev–Trinajstić information content (AvgIpc) is 3.22. The largest absolute Gasteiger partial charge is 0.449 e. The molecule has 1 heterocycles. The third kappa shape index (κ3) is 8.34. The van der Waals surface area contributed by atoms with Crippen molar-refractivity contribution < 1.29 is 24.2 Å². The van der Waals surface area contributed by atoms with Crippen molar-refractivity contribution in [2.75, 3.05) is 12.5 Å². The zero-order valence-corrected chi connectivity index (χ0v) is 23.9. The fourth-order valence-electron chi connectivity index (χ4n) is 4.46. The Morgan fingerprint density at radius 3 is 2.49 bits per heavy atom. The Morgan fingerprint density at radius 1 is 1.15 bits per heavy atom. The van der Waals surface area contributed by atoms with Crippen molar-refractivity contribution >= 4 is 29.7 Å². The first-order chi connectivity index (χ1) is 18.5. The molecule has 210 valence electrons. The lowest BCUT2D eigenvalue weighted by Gasteiger charge is -2.33. The second-order valence-corrected chi connectivity index (χ2v) is 12.1. The van der Waals surface area contributed by atoms with Crippen LogP contribution in [0.1, 0.15) is 43.9 Å². The summed E-state index contributed by atoms with van der Waals surface area (Å²) in [4.78, 5) is 41.0. The molecular weight excluding hydrogens is 514 g/mol. The van der Waals surface area contributed by atoms with E-state index < -0.39 is 34.9 Å². The Kier molecular flexibility index (Phi) is 10.6. The zero-order chi connectivity index (χ0) is 28.6. The highest BCUT2D eigenvalue weighted by Gasteiger charge is 2.49. The summed E-state index contributed by atoms with van der Waals surface area (Å²) in [5.74, 6) is -0.667. The number of aliphatic hydroxyl groups excluding tert-OH is 1. The van der Waals surface area contributed by atoms with Gasteiger partial charge in [-0.05, 0) is 50.8 Å². The molecule has 3 amide bonds. The van der Waals surface area contributed by atoms with E-state index in [9.17, 15) is 19.5 Å². The lowest BCUT2D eigenvalue weighted by atomic mass is 9.97. The first-order valence-electron chi connectivity index (χ1n) is 13.1. The third-order valence-electron chi connectivity index (χ3n) is 6.79. The van der Waals surface area contributed by atoms with Gasteiger partial charge < -0.3 is 25.4 Å². The Hall–Kier alpha value is -3.30. The number of aryl methyl sites for hydroxylation is 1. The third-order valence-corrected chi connectivity index (χ3v) is 8.16. The number of hydrogen-bond acceptors (Lipinski definition) is 6. The van der Waals surface area contributed by atoms with E-state index in [1.807, 2.05) is 82.3 Å². The van der Waals surface area contributed by atoms with E-state index in [-0.39, 0.29) is 24.8 Å². The monoisotopic (exact) mass is 553 g/mol. The van der Waals surface area contributed by atoms with Crippen molar-refractivity contribution in [2.45, 2.75) is 70.0 Å². The minimum atomic E-state index is -1.58. The second kappa shape index (κ2) is 13.7. The Morgan fingerprint density at radius 2 is 1.82 bits per heavy atom. The highest BCUT2D eigenvalue weighted by atomic mass is 32.2. The molecule has 9 heteroatoms. The summed E-state index contributed by atoms with van der Waals surface area (Å²) in [6.45, 7) is 11.9. The number of benzene rings is 2. The van der Waals surface area contributed by atoms with E-state index in [0.717, 1.165) is 22.3 Å². The molecule has 1 aliphatic rings. The lowest BCUT2D eigenvalue weighted by Crippen LogP contribution is -2.58. The number of thioether (sulfide) groups is 1. The summed E-state index contributed by atoms with van der Waals surface area (Å²) in [6.07, 6.45) is -1.59. The van der Waals surface area contributed by atoms with Crippen LogP contribution in [0.2, 0.25) is 0 Å². The maximum atomic E-state index is 13.7. The van der Waals surface area contributed by atoms with Gasteiger partial charge in [-0.3, -0.25) is 9.59 Å². The molecule has 3 unspecified atom stereocenters. The maximum absolute atomic E-state index is 13.7. The number of nitrogens with zero attached hydrogens (tertiary/aromatic N) is 1. The van der Waals surface area contributed by atoms with Crippen LogP contribution in [-0.4, -0.2) is 63.3 Å². The van der Waals surface area contributed by atoms with Crippen LogP contribution in [0.15, 0.2) is 66.7 Å². The Balaban J connectivity index is 1.75. The van der Waals surface area contributed by atoms with Gasteiger partial charge in [-0.2, -0.15) is 0 Å². The molecule has 8 nitrogen and oxygen atoms in total. The molecule has 0 radical (unpaired) electrons. The van der Waals surface area contributed by atoms with Gasteiger partial charge >= 0.3 is 6.09 Å². The number of carbonyl (C=O) groups excluding carboxylic acids is 3. The van der Waals surface area contributed by atoms with Crippen molar-refractivity contribution in [1.82, 2.24) is 15.5 Å². The molecule has 1 saturated heterocycles. The molecule has 3 N–H and O–H groups in total. The predicted molar refractivity (Wildman–Crippen MR) is 154 cm³/mol. The molecule has 0 bridgehead atoms. The fourth-order valence-corrected chi connectivity index (χ4v) is 5.60. The van der Waals surface area contributed by atoms with E-state index >= 15 is 0 Å². The molecule has 0 aliphatic carbocycles. The van der Waals surface area contributed by atoms with E-state index in [1.165, 1.54) is 16.7 Å². The maximum Gasteiger partial charge on any atom is 0.407 e. The van der Waals surface area contributed by atoms with Gasteiger partial charge in [0.15, 0.2) is 6.10 Å². The van der Waals surface area contributed by atoms with Crippen LogP contribution in [0, 0.1) is 6.92 Å².